The van der Waals surface area contributed by atoms with Gasteiger partial charge in [0, 0.05) is 15.6 Å². The Morgan fingerprint density at radius 3 is 2.56 bits per heavy atom. The highest BCUT2D eigenvalue weighted by Gasteiger charge is 2.10. The third kappa shape index (κ3) is 5.68. The lowest BCUT2D eigenvalue weighted by atomic mass is 10.1. The van der Waals surface area contributed by atoms with E-state index in [1.165, 1.54) is 6.21 Å². The van der Waals surface area contributed by atoms with Gasteiger partial charge in [-0.05, 0) is 47.1 Å². The van der Waals surface area contributed by atoms with Gasteiger partial charge in [-0.2, -0.15) is 5.10 Å². The molecule has 130 valence electrons. The normalized spacial score (nSPS) is 10.7. The third-order valence-electron chi connectivity index (χ3n) is 3.08. The van der Waals surface area contributed by atoms with Crippen LogP contribution in [0, 0.1) is 6.92 Å². The molecule has 0 heterocycles. The Bertz CT molecular complexity index is 821. The van der Waals surface area contributed by atoms with Crippen LogP contribution in [0.2, 0.25) is 0 Å². The van der Waals surface area contributed by atoms with Gasteiger partial charge in [-0.3, -0.25) is 9.59 Å². The number of aryl methyl sites for hydroxylation is 1. The summed E-state index contributed by atoms with van der Waals surface area (Å²) in [5.74, 6) is -0.523. The number of halogens is 2. The molecule has 25 heavy (non-hydrogen) atoms. The van der Waals surface area contributed by atoms with Gasteiger partial charge < -0.3 is 10.5 Å². The molecule has 0 aliphatic heterocycles. The number of carbonyl (C=O) groups is 2. The predicted octanol–water partition coefficient (Wildman–Crippen LogP) is 3.15. The van der Waals surface area contributed by atoms with Crippen LogP contribution >= 0.6 is 31.9 Å². The number of hydrogen-bond donors (Lipinski definition) is 2. The Balaban J connectivity index is 2.15. The van der Waals surface area contributed by atoms with Crippen molar-refractivity contribution in [1.82, 2.24) is 5.43 Å². The van der Waals surface area contributed by atoms with Gasteiger partial charge in [0.25, 0.3) is 11.8 Å². The van der Waals surface area contributed by atoms with E-state index < -0.39 is 5.91 Å². The van der Waals surface area contributed by atoms with Crippen LogP contribution < -0.4 is 15.9 Å². The molecule has 2 rings (SSSR count). The molecule has 0 unspecified atom stereocenters. The molecule has 0 saturated carbocycles. The van der Waals surface area contributed by atoms with Gasteiger partial charge in [-0.25, -0.2) is 5.43 Å². The summed E-state index contributed by atoms with van der Waals surface area (Å²) in [6.07, 6.45) is 1.43. The first-order valence-electron chi connectivity index (χ1n) is 7.17. The number of ether oxygens (including phenoxy) is 1. The second kappa shape index (κ2) is 8.77. The molecule has 0 saturated heterocycles. The summed E-state index contributed by atoms with van der Waals surface area (Å²) in [5.41, 5.74) is 9.69. The number of carbonyl (C=O) groups excluding carboxylic acids is 2. The summed E-state index contributed by atoms with van der Waals surface area (Å²) in [4.78, 5) is 23.0. The van der Waals surface area contributed by atoms with Crippen molar-refractivity contribution in [3.63, 3.8) is 0 Å². The third-order valence-corrected chi connectivity index (χ3v) is 4.13. The molecule has 0 atom stereocenters. The van der Waals surface area contributed by atoms with Crippen molar-refractivity contribution in [3.05, 3.63) is 62.0 Å². The molecule has 0 fully saturated rings. The highest BCUT2D eigenvalue weighted by Crippen LogP contribution is 2.32. The van der Waals surface area contributed by atoms with Crippen LogP contribution in [0.4, 0.5) is 0 Å². The molecular weight excluding hydrogens is 454 g/mol. The zero-order chi connectivity index (χ0) is 18.4. The molecule has 2 aromatic carbocycles. The predicted molar refractivity (Wildman–Crippen MR) is 103 cm³/mol. The number of nitrogens with zero attached hydrogens (tertiary/aromatic N) is 1. The van der Waals surface area contributed by atoms with Crippen LogP contribution in [0.3, 0.4) is 0 Å². The number of primary amides is 1. The van der Waals surface area contributed by atoms with Crippen LogP contribution in [0.25, 0.3) is 0 Å². The highest BCUT2D eigenvalue weighted by atomic mass is 79.9. The van der Waals surface area contributed by atoms with E-state index in [1.807, 2.05) is 19.1 Å². The second-order valence-electron chi connectivity index (χ2n) is 5.13. The lowest BCUT2D eigenvalue weighted by Gasteiger charge is -2.10. The van der Waals surface area contributed by atoms with Crippen LogP contribution in [0.1, 0.15) is 21.5 Å². The fourth-order valence-corrected chi connectivity index (χ4v) is 3.27. The molecule has 0 spiro atoms. The molecule has 0 aromatic heterocycles. The molecule has 8 heteroatoms. The van der Waals surface area contributed by atoms with Crippen molar-refractivity contribution in [2.24, 2.45) is 10.8 Å². The summed E-state index contributed by atoms with van der Waals surface area (Å²) < 4.78 is 6.79. The number of hydrogen-bond acceptors (Lipinski definition) is 4. The van der Waals surface area contributed by atoms with Crippen molar-refractivity contribution in [2.75, 3.05) is 6.61 Å². The van der Waals surface area contributed by atoms with E-state index in [2.05, 4.69) is 42.4 Å². The molecular formula is C17H15Br2N3O3. The monoisotopic (exact) mass is 467 g/mol. The number of benzene rings is 2. The van der Waals surface area contributed by atoms with Crippen LogP contribution in [-0.4, -0.2) is 24.6 Å². The summed E-state index contributed by atoms with van der Waals surface area (Å²) >= 11 is 6.72. The number of hydrazone groups is 1. The number of rotatable bonds is 6. The van der Waals surface area contributed by atoms with Crippen LogP contribution in [0.15, 0.2) is 50.4 Å². The minimum absolute atomic E-state index is 0.267. The Morgan fingerprint density at radius 2 is 1.92 bits per heavy atom. The smallest absolute Gasteiger partial charge is 0.271 e. The highest BCUT2D eigenvalue weighted by molar-refractivity contribution is 9.11. The zero-order valence-electron chi connectivity index (χ0n) is 13.3. The number of amides is 2. The van der Waals surface area contributed by atoms with Gasteiger partial charge in [0.05, 0.1) is 10.7 Å². The van der Waals surface area contributed by atoms with Crippen LogP contribution in [-0.2, 0) is 4.79 Å². The average Bonchev–Trinajstić information content (AvgIpc) is 2.54. The molecule has 2 aromatic rings. The fraction of sp³-hybridized carbons (Fsp3) is 0.118. The van der Waals surface area contributed by atoms with Crippen molar-refractivity contribution >= 4 is 49.9 Å². The van der Waals surface area contributed by atoms with E-state index in [1.54, 1.807) is 24.3 Å². The average molecular weight is 469 g/mol. The van der Waals surface area contributed by atoms with E-state index in [-0.39, 0.29) is 12.5 Å². The first-order chi connectivity index (χ1) is 11.9. The first-order valence-corrected chi connectivity index (χ1v) is 8.75. The Morgan fingerprint density at radius 1 is 1.24 bits per heavy atom. The number of nitrogens with one attached hydrogen (secondary N) is 1. The topological polar surface area (TPSA) is 93.8 Å². The summed E-state index contributed by atoms with van der Waals surface area (Å²) in [6, 6.07) is 10.6. The molecule has 0 aliphatic rings. The Labute approximate surface area is 161 Å². The summed E-state index contributed by atoms with van der Waals surface area (Å²) in [7, 11) is 0. The second-order valence-corrected chi connectivity index (χ2v) is 6.90. The van der Waals surface area contributed by atoms with Gasteiger partial charge >= 0.3 is 0 Å². The minimum Gasteiger partial charge on any atom is -0.482 e. The van der Waals surface area contributed by atoms with Crippen molar-refractivity contribution in [2.45, 2.75) is 6.92 Å². The molecule has 2 amide bonds. The molecule has 0 bridgehead atoms. The zero-order valence-corrected chi connectivity index (χ0v) is 16.4. The molecule has 0 radical (unpaired) electrons. The molecule has 0 aliphatic carbocycles. The van der Waals surface area contributed by atoms with E-state index in [0.29, 0.717) is 21.3 Å². The van der Waals surface area contributed by atoms with Gasteiger partial charge in [0.2, 0.25) is 0 Å². The maximum absolute atomic E-state index is 12.0. The largest absolute Gasteiger partial charge is 0.482 e. The molecule has 6 nitrogen and oxygen atoms in total. The quantitative estimate of drug-likeness (QED) is 0.503. The Hall–Kier alpha value is -2.19. The van der Waals surface area contributed by atoms with E-state index in [9.17, 15) is 9.59 Å². The van der Waals surface area contributed by atoms with E-state index in [4.69, 9.17) is 10.5 Å². The standard InChI is InChI=1S/C17H15Br2N3O3/c1-10-2-4-11(5-3-10)17(24)22-21-8-12-6-13(18)7-14(19)16(12)25-9-15(20)23/h2-8H,9H2,1H3,(H2,20,23)(H,22,24)/b21-8+. The van der Waals surface area contributed by atoms with Gasteiger partial charge in [-0.1, -0.05) is 33.6 Å². The molecule has 3 N–H and O–H groups in total. The van der Waals surface area contributed by atoms with E-state index >= 15 is 0 Å². The first kappa shape index (κ1) is 19.1. The SMILES string of the molecule is Cc1ccc(C(=O)N/N=C/c2cc(Br)cc(Br)c2OCC(N)=O)cc1. The van der Waals surface area contributed by atoms with E-state index in [0.717, 1.165) is 10.0 Å². The summed E-state index contributed by atoms with van der Waals surface area (Å²) in [6.45, 7) is 1.68. The van der Waals surface area contributed by atoms with Gasteiger partial charge in [0.1, 0.15) is 5.75 Å². The van der Waals surface area contributed by atoms with Crippen molar-refractivity contribution in [3.8, 4) is 5.75 Å². The number of nitrogens with two attached hydrogens (primary N) is 1. The fourth-order valence-electron chi connectivity index (χ4n) is 1.90. The lowest BCUT2D eigenvalue weighted by Crippen LogP contribution is -2.21. The van der Waals surface area contributed by atoms with Gasteiger partial charge in [-0.15, -0.1) is 0 Å². The lowest BCUT2D eigenvalue weighted by molar-refractivity contribution is -0.119. The summed E-state index contributed by atoms with van der Waals surface area (Å²) in [5, 5.41) is 3.95. The van der Waals surface area contributed by atoms with Crippen molar-refractivity contribution in [1.29, 1.82) is 0 Å². The maximum Gasteiger partial charge on any atom is 0.271 e. The Kier molecular flexibility index (Phi) is 6.72. The minimum atomic E-state index is -0.592. The van der Waals surface area contributed by atoms with Gasteiger partial charge in [0.15, 0.2) is 6.61 Å². The van der Waals surface area contributed by atoms with Crippen molar-refractivity contribution < 1.29 is 14.3 Å². The maximum atomic E-state index is 12.0. The van der Waals surface area contributed by atoms with Crippen LogP contribution in [0.5, 0.6) is 5.75 Å².